The van der Waals surface area contributed by atoms with Crippen molar-refractivity contribution in [1.29, 1.82) is 0 Å². The number of carbonyl (C=O) groups excluding carboxylic acids is 1. The van der Waals surface area contributed by atoms with E-state index in [9.17, 15) is 4.79 Å². The zero-order valence-corrected chi connectivity index (χ0v) is 11.4. The van der Waals surface area contributed by atoms with Crippen molar-refractivity contribution in [2.24, 2.45) is 0 Å². The molecule has 1 unspecified atom stereocenters. The molecule has 100 valence electrons. The van der Waals surface area contributed by atoms with Crippen LogP contribution in [0.2, 0.25) is 0 Å². The van der Waals surface area contributed by atoms with E-state index in [-0.39, 0.29) is 5.97 Å². The van der Waals surface area contributed by atoms with Gasteiger partial charge in [-0.3, -0.25) is 9.69 Å². The van der Waals surface area contributed by atoms with E-state index in [0.717, 1.165) is 26.1 Å². The first-order chi connectivity index (χ1) is 8.13. The van der Waals surface area contributed by atoms with E-state index >= 15 is 0 Å². The Bertz CT molecular complexity index is 231. The van der Waals surface area contributed by atoms with Crippen LogP contribution < -0.4 is 0 Å². The van der Waals surface area contributed by atoms with Crippen LogP contribution in [-0.4, -0.2) is 62.7 Å². The number of carbonyl (C=O) groups is 1. The van der Waals surface area contributed by atoms with Gasteiger partial charge < -0.3 is 9.64 Å². The van der Waals surface area contributed by atoms with E-state index in [4.69, 9.17) is 4.74 Å². The molecule has 4 nitrogen and oxygen atoms in total. The molecule has 0 amide bonds. The van der Waals surface area contributed by atoms with Crippen LogP contribution in [0.1, 0.15) is 32.1 Å². The summed E-state index contributed by atoms with van der Waals surface area (Å²) in [6.07, 6.45) is 5.37. The third-order valence-electron chi connectivity index (χ3n) is 3.43. The molecule has 17 heavy (non-hydrogen) atoms. The molecule has 1 heterocycles. The minimum absolute atomic E-state index is 0.0745. The Labute approximate surface area is 105 Å². The van der Waals surface area contributed by atoms with Gasteiger partial charge in [0.05, 0.1) is 13.5 Å². The minimum atomic E-state index is -0.0745. The van der Waals surface area contributed by atoms with Crippen LogP contribution in [0.15, 0.2) is 0 Å². The number of ether oxygens (including phenoxy) is 1. The van der Waals surface area contributed by atoms with Gasteiger partial charge in [0.25, 0.3) is 0 Å². The van der Waals surface area contributed by atoms with Crippen molar-refractivity contribution in [1.82, 2.24) is 9.80 Å². The van der Waals surface area contributed by atoms with Crippen molar-refractivity contribution in [2.75, 3.05) is 40.8 Å². The van der Waals surface area contributed by atoms with Gasteiger partial charge in [-0.1, -0.05) is 6.42 Å². The predicted octanol–water partition coefficient (Wildman–Crippen LogP) is 1.36. The average Bonchev–Trinajstić information content (AvgIpc) is 2.30. The molecule has 4 heteroatoms. The number of rotatable bonds is 6. The molecule has 1 aliphatic heterocycles. The molecule has 1 saturated heterocycles. The summed E-state index contributed by atoms with van der Waals surface area (Å²) in [6, 6.07) is 0.401. The lowest BCUT2D eigenvalue weighted by Gasteiger charge is -2.35. The van der Waals surface area contributed by atoms with Crippen LogP contribution in [0.4, 0.5) is 0 Å². The third kappa shape index (κ3) is 5.50. The zero-order chi connectivity index (χ0) is 12.7. The van der Waals surface area contributed by atoms with Crippen LogP contribution in [0, 0.1) is 0 Å². The monoisotopic (exact) mass is 242 g/mol. The van der Waals surface area contributed by atoms with E-state index < -0.39 is 0 Å². The van der Waals surface area contributed by atoms with Crippen molar-refractivity contribution in [2.45, 2.75) is 38.1 Å². The van der Waals surface area contributed by atoms with Crippen molar-refractivity contribution < 1.29 is 9.53 Å². The normalized spacial score (nSPS) is 21.8. The summed E-state index contributed by atoms with van der Waals surface area (Å²) in [5.41, 5.74) is 0. The predicted molar refractivity (Wildman–Crippen MR) is 69.0 cm³/mol. The van der Waals surface area contributed by atoms with E-state index in [1.54, 1.807) is 0 Å². The molecule has 0 aromatic carbocycles. The second kappa shape index (κ2) is 7.67. The second-order valence-electron chi connectivity index (χ2n) is 5.12. The molecule has 0 spiro atoms. The highest BCUT2D eigenvalue weighted by Gasteiger charge is 2.24. The Kier molecular flexibility index (Phi) is 6.52. The van der Waals surface area contributed by atoms with Gasteiger partial charge in [0.2, 0.25) is 0 Å². The molecule has 0 aliphatic carbocycles. The molecule has 0 saturated carbocycles. The maximum absolute atomic E-state index is 11.4. The zero-order valence-electron chi connectivity index (χ0n) is 11.4. The number of esters is 1. The molecule has 1 rings (SSSR count). The van der Waals surface area contributed by atoms with Gasteiger partial charge in [0, 0.05) is 6.04 Å². The van der Waals surface area contributed by atoms with Crippen molar-refractivity contribution >= 4 is 5.97 Å². The minimum Gasteiger partial charge on any atom is -0.469 e. The van der Waals surface area contributed by atoms with Gasteiger partial charge in [-0.25, -0.2) is 0 Å². The Hall–Kier alpha value is -0.610. The summed E-state index contributed by atoms with van der Waals surface area (Å²) < 4.78 is 4.77. The Morgan fingerprint density at radius 1 is 1.41 bits per heavy atom. The standard InChI is InChI=1S/C13H26N2O2/c1-14(2)8-6-10-15-9-5-4-7-12(15)11-13(16)17-3/h12H,4-11H2,1-3H3. The van der Waals surface area contributed by atoms with Gasteiger partial charge in [-0.15, -0.1) is 0 Å². The molecule has 0 bridgehead atoms. The van der Waals surface area contributed by atoms with E-state index in [1.165, 1.54) is 26.4 Å². The third-order valence-corrected chi connectivity index (χ3v) is 3.43. The van der Waals surface area contributed by atoms with Crippen LogP contribution in [0.25, 0.3) is 0 Å². The molecule has 0 radical (unpaired) electrons. The smallest absolute Gasteiger partial charge is 0.307 e. The summed E-state index contributed by atoms with van der Waals surface area (Å²) in [6.45, 7) is 3.34. The van der Waals surface area contributed by atoms with Gasteiger partial charge in [0.1, 0.15) is 0 Å². The fourth-order valence-corrected chi connectivity index (χ4v) is 2.45. The van der Waals surface area contributed by atoms with Crippen LogP contribution >= 0.6 is 0 Å². The quantitative estimate of drug-likeness (QED) is 0.658. The average molecular weight is 242 g/mol. The number of methoxy groups -OCH3 is 1. The molecule has 0 aromatic rings. The van der Waals surface area contributed by atoms with Gasteiger partial charge in [-0.05, 0) is 53.0 Å². The van der Waals surface area contributed by atoms with E-state index in [1.807, 2.05) is 0 Å². The first kappa shape index (κ1) is 14.5. The summed E-state index contributed by atoms with van der Waals surface area (Å²) in [4.78, 5) is 16.0. The van der Waals surface area contributed by atoms with Gasteiger partial charge >= 0.3 is 5.97 Å². The lowest BCUT2D eigenvalue weighted by atomic mass is 9.99. The molecule has 1 atom stereocenters. The molecule has 0 aromatic heterocycles. The van der Waals surface area contributed by atoms with Crippen molar-refractivity contribution in [3.05, 3.63) is 0 Å². The number of likely N-dealkylation sites (tertiary alicyclic amines) is 1. The molecule has 0 N–H and O–H groups in total. The Morgan fingerprint density at radius 2 is 2.18 bits per heavy atom. The summed E-state index contributed by atoms with van der Waals surface area (Å²) in [5.74, 6) is -0.0745. The number of nitrogens with zero attached hydrogens (tertiary/aromatic N) is 2. The van der Waals surface area contributed by atoms with E-state index in [2.05, 4.69) is 23.9 Å². The number of hydrogen-bond donors (Lipinski definition) is 0. The van der Waals surface area contributed by atoms with Gasteiger partial charge in [0.15, 0.2) is 0 Å². The lowest BCUT2D eigenvalue weighted by molar-refractivity contribution is -0.142. The SMILES string of the molecule is COC(=O)CC1CCCCN1CCCN(C)C. The maximum Gasteiger partial charge on any atom is 0.307 e. The highest BCUT2D eigenvalue weighted by molar-refractivity contribution is 5.69. The second-order valence-corrected chi connectivity index (χ2v) is 5.12. The highest BCUT2D eigenvalue weighted by Crippen LogP contribution is 2.20. The summed E-state index contributed by atoms with van der Waals surface area (Å²) in [7, 11) is 5.67. The fourth-order valence-electron chi connectivity index (χ4n) is 2.45. The van der Waals surface area contributed by atoms with E-state index in [0.29, 0.717) is 12.5 Å². The first-order valence-corrected chi connectivity index (χ1v) is 6.59. The molecular weight excluding hydrogens is 216 g/mol. The molecular formula is C13H26N2O2. The number of piperidine rings is 1. The summed E-state index contributed by atoms with van der Waals surface area (Å²) in [5, 5.41) is 0. The van der Waals surface area contributed by atoms with Crippen LogP contribution in [0.3, 0.4) is 0 Å². The lowest BCUT2D eigenvalue weighted by Crippen LogP contribution is -2.42. The van der Waals surface area contributed by atoms with Gasteiger partial charge in [-0.2, -0.15) is 0 Å². The maximum atomic E-state index is 11.4. The van der Waals surface area contributed by atoms with Crippen LogP contribution in [-0.2, 0) is 9.53 Å². The topological polar surface area (TPSA) is 32.8 Å². The fraction of sp³-hybridized carbons (Fsp3) is 0.923. The molecule has 1 fully saturated rings. The summed E-state index contributed by atoms with van der Waals surface area (Å²) >= 11 is 0. The van der Waals surface area contributed by atoms with Crippen molar-refractivity contribution in [3.63, 3.8) is 0 Å². The largest absolute Gasteiger partial charge is 0.469 e. The van der Waals surface area contributed by atoms with Crippen molar-refractivity contribution in [3.8, 4) is 0 Å². The first-order valence-electron chi connectivity index (χ1n) is 6.59. The highest BCUT2D eigenvalue weighted by atomic mass is 16.5. The Morgan fingerprint density at radius 3 is 2.82 bits per heavy atom. The Balaban J connectivity index is 2.34. The van der Waals surface area contributed by atoms with Crippen LogP contribution in [0.5, 0.6) is 0 Å². The molecule has 1 aliphatic rings. The number of hydrogen-bond acceptors (Lipinski definition) is 4.